The van der Waals surface area contributed by atoms with E-state index in [1.54, 1.807) is 31.4 Å². The van der Waals surface area contributed by atoms with Gasteiger partial charge in [0.1, 0.15) is 5.75 Å². The van der Waals surface area contributed by atoms with Crippen molar-refractivity contribution < 1.29 is 23.9 Å². The molecule has 0 saturated carbocycles. The normalized spacial score (nSPS) is 11.1. The Labute approximate surface area is 173 Å². The maximum atomic E-state index is 12.6. The number of benzene rings is 1. The van der Waals surface area contributed by atoms with Gasteiger partial charge in [0.05, 0.1) is 19.2 Å². The van der Waals surface area contributed by atoms with Gasteiger partial charge in [0.25, 0.3) is 5.91 Å². The Balaban J connectivity index is 2.00. The van der Waals surface area contributed by atoms with Gasteiger partial charge >= 0.3 is 5.97 Å². The van der Waals surface area contributed by atoms with Crippen LogP contribution >= 0.6 is 11.3 Å². The number of carbonyl (C=O) groups excluding carboxylic acids is 3. The number of rotatable bonds is 9. The van der Waals surface area contributed by atoms with E-state index in [0.717, 1.165) is 10.4 Å². The number of hydrogen-bond acceptors (Lipinski definition) is 6. The molecule has 0 aliphatic rings. The lowest BCUT2D eigenvalue weighted by Crippen LogP contribution is -2.41. The van der Waals surface area contributed by atoms with Crippen molar-refractivity contribution in [2.75, 3.05) is 20.3 Å². The highest BCUT2D eigenvalue weighted by Gasteiger charge is 2.17. The topological polar surface area (TPSA) is 93.7 Å². The van der Waals surface area contributed by atoms with Crippen LogP contribution in [0.2, 0.25) is 0 Å². The Morgan fingerprint density at radius 2 is 1.83 bits per heavy atom. The van der Waals surface area contributed by atoms with E-state index in [-0.39, 0.29) is 18.5 Å². The van der Waals surface area contributed by atoms with Crippen LogP contribution in [0.1, 0.15) is 24.3 Å². The molecule has 2 amide bonds. The third kappa shape index (κ3) is 7.42. The van der Waals surface area contributed by atoms with E-state index in [0.29, 0.717) is 11.3 Å². The molecule has 2 N–H and O–H groups in total. The molecule has 7 nitrogen and oxygen atoms in total. The van der Waals surface area contributed by atoms with E-state index >= 15 is 0 Å². The lowest BCUT2D eigenvalue weighted by atomic mass is 10.1. The van der Waals surface area contributed by atoms with Crippen LogP contribution in [0.15, 0.2) is 41.8 Å². The summed E-state index contributed by atoms with van der Waals surface area (Å²) in [6.45, 7) is 3.00. The number of ether oxygens (including phenoxy) is 2. The summed E-state index contributed by atoms with van der Waals surface area (Å²) in [7, 11) is 1.58. The van der Waals surface area contributed by atoms with E-state index in [9.17, 15) is 14.4 Å². The number of carbonyl (C=O) groups is 3. The molecular formula is C21H24N2O5S. The summed E-state index contributed by atoms with van der Waals surface area (Å²) in [5.74, 6) is -0.767. The molecule has 154 valence electrons. The van der Waals surface area contributed by atoms with Gasteiger partial charge in [-0.25, -0.2) is 4.79 Å². The molecule has 2 rings (SSSR count). The number of amides is 2. The van der Waals surface area contributed by atoms with E-state index in [1.807, 2.05) is 37.4 Å². The first-order chi connectivity index (χ1) is 13.9. The zero-order valence-corrected chi connectivity index (χ0v) is 17.4. The quantitative estimate of drug-likeness (QED) is 0.484. The van der Waals surface area contributed by atoms with Crippen molar-refractivity contribution in [3.8, 4) is 5.75 Å². The van der Waals surface area contributed by atoms with Gasteiger partial charge in [-0.2, -0.15) is 0 Å². The number of nitrogens with one attached hydrogen (secondary N) is 2. The lowest BCUT2D eigenvalue weighted by molar-refractivity contribution is -0.143. The minimum absolute atomic E-state index is 0.0197. The highest BCUT2D eigenvalue weighted by atomic mass is 32.1. The third-order valence-electron chi connectivity index (χ3n) is 3.66. The van der Waals surface area contributed by atoms with Crippen molar-refractivity contribution in [2.24, 2.45) is 0 Å². The predicted molar refractivity (Wildman–Crippen MR) is 112 cm³/mol. The molecule has 0 aliphatic carbocycles. The summed E-state index contributed by atoms with van der Waals surface area (Å²) in [6.07, 6.45) is 1.70. The van der Waals surface area contributed by atoms with Crippen molar-refractivity contribution in [3.05, 3.63) is 52.2 Å². The van der Waals surface area contributed by atoms with Crippen LogP contribution < -0.4 is 15.4 Å². The largest absolute Gasteiger partial charge is 0.497 e. The first-order valence-corrected chi connectivity index (χ1v) is 9.90. The summed E-state index contributed by atoms with van der Waals surface area (Å²) in [4.78, 5) is 36.7. The van der Waals surface area contributed by atoms with E-state index in [4.69, 9.17) is 9.47 Å². The molecule has 0 unspecified atom stereocenters. The second kappa shape index (κ2) is 11.0. The Hall–Kier alpha value is -3.13. The van der Waals surface area contributed by atoms with Gasteiger partial charge < -0.3 is 20.1 Å². The van der Waals surface area contributed by atoms with Gasteiger partial charge in [-0.15, -0.1) is 11.3 Å². The molecule has 0 saturated heterocycles. The summed E-state index contributed by atoms with van der Waals surface area (Å²) < 4.78 is 10.3. The molecular weight excluding hydrogens is 392 g/mol. The highest BCUT2D eigenvalue weighted by molar-refractivity contribution is 7.11. The SMILES string of the molecule is COc1ccc(/C=C(/C(=O)OCC(=O)NCC(=O)NC(C)C)c2cccs2)cc1. The molecule has 29 heavy (non-hydrogen) atoms. The van der Waals surface area contributed by atoms with Crippen LogP contribution in [0.25, 0.3) is 11.6 Å². The number of hydrogen-bond donors (Lipinski definition) is 2. The van der Waals surface area contributed by atoms with Gasteiger partial charge in [-0.3, -0.25) is 9.59 Å². The minimum atomic E-state index is -0.620. The Kier molecular flexibility index (Phi) is 8.42. The van der Waals surface area contributed by atoms with Crippen molar-refractivity contribution in [2.45, 2.75) is 19.9 Å². The summed E-state index contributed by atoms with van der Waals surface area (Å²) >= 11 is 1.39. The minimum Gasteiger partial charge on any atom is -0.497 e. The third-order valence-corrected chi connectivity index (χ3v) is 4.57. The lowest BCUT2D eigenvalue weighted by Gasteiger charge is -2.10. The van der Waals surface area contributed by atoms with Crippen molar-refractivity contribution in [1.29, 1.82) is 0 Å². The predicted octanol–water partition coefficient (Wildman–Crippen LogP) is 2.48. The summed E-state index contributed by atoms with van der Waals surface area (Å²) in [5, 5.41) is 6.93. The van der Waals surface area contributed by atoms with Crippen molar-refractivity contribution in [3.63, 3.8) is 0 Å². The summed E-state index contributed by atoms with van der Waals surface area (Å²) in [6, 6.07) is 10.8. The fraction of sp³-hybridized carbons (Fsp3) is 0.286. The smallest absolute Gasteiger partial charge is 0.340 e. The van der Waals surface area contributed by atoms with Crippen LogP contribution in [0.5, 0.6) is 5.75 Å². The monoisotopic (exact) mass is 416 g/mol. The van der Waals surface area contributed by atoms with Crippen LogP contribution in [0.4, 0.5) is 0 Å². The Morgan fingerprint density at radius 1 is 1.10 bits per heavy atom. The molecule has 8 heteroatoms. The van der Waals surface area contributed by atoms with Crippen LogP contribution in [0.3, 0.4) is 0 Å². The van der Waals surface area contributed by atoms with Crippen molar-refractivity contribution in [1.82, 2.24) is 10.6 Å². The number of methoxy groups -OCH3 is 1. The molecule has 1 heterocycles. The van der Waals surface area contributed by atoms with Gasteiger partial charge in [0.15, 0.2) is 6.61 Å². The molecule has 0 fully saturated rings. The van der Waals surface area contributed by atoms with Gasteiger partial charge in [0, 0.05) is 10.9 Å². The highest BCUT2D eigenvalue weighted by Crippen LogP contribution is 2.25. The Bertz CT molecular complexity index is 858. The van der Waals surface area contributed by atoms with Gasteiger partial charge in [-0.1, -0.05) is 18.2 Å². The standard InChI is InChI=1S/C21H24N2O5S/c1-14(2)23-19(24)12-22-20(25)13-28-21(26)17(18-5-4-10-29-18)11-15-6-8-16(27-3)9-7-15/h4-11,14H,12-13H2,1-3H3,(H,22,25)(H,23,24)/b17-11+. The van der Waals surface area contributed by atoms with E-state index in [1.165, 1.54) is 11.3 Å². The molecule has 1 aromatic carbocycles. The molecule has 0 radical (unpaired) electrons. The van der Waals surface area contributed by atoms with Gasteiger partial charge in [-0.05, 0) is 49.1 Å². The number of thiophene rings is 1. The zero-order valence-electron chi connectivity index (χ0n) is 16.6. The van der Waals surface area contributed by atoms with Crippen molar-refractivity contribution >= 4 is 40.8 Å². The molecule has 0 spiro atoms. The molecule has 0 atom stereocenters. The van der Waals surface area contributed by atoms with Crippen LogP contribution in [0, 0.1) is 0 Å². The Morgan fingerprint density at radius 3 is 2.41 bits per heavy atom. The second-order valence-electron chi connectivity index (χ2n) is 6.38. The maximum absolute atomic E-state index is 12.6. The second-order valence-corrected chi connectivity index (χ2v) is 7.33. The van der Waals surface area contributed by atoms with E-state index < -0.39 is 18.5 Å². The average Bonchev–Trinajstić information content (AvgIpc) is 3.23. The molecule has 1 aromatic heterocycles. The average molecular weight is 416 g/mol. The molecule has 0 aliphatic heterocycles. The fourth-order valence-corrected chi connectivity index (χ4v) is 3.07. The number of esters is 1. The van der Waals surface area contributed by atoms with Crippen LogP contribution in [-0.4, -0.2) is 44.1 Å². The first kappa shape index (κ1) is 22.2. The molecule has 0 bridgehead atoms. The van der Waals surface area contributed by atoms with E-state index in [2.05, 4.69) is 10.6 Å². The first-order valence-electron chi connectivity index (χ1n) is 9.02. The van der Waals surface area contributed by atoms with Crippen LogP contribution in [-0.2, 0) is 19.1 Å². The molecule has 2 aromatic rings. The fourth-order valence-electron chi connectivity index (χ4n) is 2.34. The van der Waals surface area contributed by atoms with Gasteiger partial charge in [0.2, 0.25) is 5.91 Å². The zero-order chi connectivity index (χ0) is 21.2. The maximum Gasteiger partial charge on any atom is 0.340 e. The summed E-state index contributed by atoms with van der Waals surface area (Å²) in [5.41, 5.74) is 1.14.